The van der Waals surface area contributed by atoms with Crippen LogP contribution in [0.2, 0.25) is 0 Å². The van der Waals surface area contributed by atoms with Crippen molar-refractivity contribution >= 4 is 41.5 Å². The van der Waals surface area contributed by atoms with E-state index in [0.717, 1.165) is 29.1 Å². The molecule has 3 N–H and O–H groups in total. The predicted octanol–water partition coefficient (Wildman–Crippen LogP) is 4.81. The highest BCUT2D eigenvalue weighted by molar-refractivity contribution is 7.62. The van der Waals surface area contributed by atoms with Gasteiger partial charge in [0, 0.05) is 23.4 Å². The lowest BCUT2D eigenvalue weighted by Gasteiger charge is -2.18. The van der Waals surface area contributed by atoms with Gasteiger partial charge in [0.15, 0.2) is 0 Å². The second-order valence-corrected chi connectivity index (χ2v) is 10.8. The highest BCUT2D eigenvalue weighted by Gasteiger charge is 2.33. The van der Waals surface area contributed by atoms with E-state index < -0.39 is 7.60 Å². The first kappa shape index (κ1) is 26.5. The molecule has 200 valence electrons. The minimum atomic E-state index is -3.55. The van der Waals surface area contributed by atoms with Crippen molar-refractivity contribution < 1.29 is 18.4 Å². The first-order chi connectivity index (χ1) is 19.0. The van der Waals surface area contributed by atoms with E-state index in [1.807, 2.05) is 54.6 Å². The van der Waals surface area contributed by atoms with E-state index in [1.54, 1.807) is 32.0 Å². The number of hydrogen-bond donors (Lipinski definition) is 3. The number of aryl methyl sites for hydroxylation is 2. The Morgan fingerprint density at radius 2 is 1.69 bits per heavy atom. The lowest BCUT2D eigenvalue weighted by Crippen LogP contribution is -2.12. The number of benzene rings is 3. The van der Waals surface area contributed by atoms with Gasteiger partial charge in [0.2, 0.25) is 0 Å². The van der Waals surface area contributed by atoms with Crippen LogP contribution in [0, 0.1) is 0 Å². The number of fused-ring (bicyclic) bond motifs is 1. The third kappa shape index (κ3) is 5.83. The molecule has 0 spiro atoms. The predicted molar refractivity (Wildman–Crippen MR) is 150 cm³/mol. The second kappa shape index (κ2) is 11.7. The number of nitrogens with one attached hydrogen (secondary N) is 3. The lowest BCUT2D eigenvalue weighted by atomic mass is 10.00. The molecular formula is C28H29N6O4P. The molecule has 3 aromatic carbocycles. The van der Waals surface area contributed by atoms with Gasteiger partial charge in [-0.05, 0) is 72.2 Å². The van der Waals surface area contributed by atoms with E-state index >= 15 is 0 Å². The van der Waals surface area contributed by atoms with Crippen LogP contribution in [0.3, 0.4) is 0 Å². The van der Waals surface area contributed by atoms with E-state index in [2.05, 4.69) is 31.3 Å². The number of amides is 1. The molecule has 0 aliphatic carbocycles. The van der Waals surface area contributed by atoms with Gasteiger partial charge in [-0.2, -0.15) is 0 Å². The summed E-state index contributed by atoms with van der Waals surface area (Å²) in [6.07, 6.45) is 1.48. The fourth-order valence-corrected chi connectivity index (χ4v) is 6.03. The third-order valence-corrected chi connectivity index (χ3v) is 8.34. The Morgan fingerprint density at radius 3 is 2.36 bits per heavy atom. The molecule has 10 nitrogen and oxygen atoms in total. The van der Waals surface area contributed by atoms with Crippen LogP contribution >= 0.6 is 7.60 Å². The summed E-state index contributed by atoms with van der Waals surface area (Å²) in [6, 6.07) is 22.8. The number of H-pyrrole nitrogens is 1. The van der Waals surface area contributed by atoms with E-state index in [0.29, 0.717) is 34.2 Å². The molecule has 0 atom stereocenters. The number of nitrogens with zero attached hydrogens (tertiary/aromatic N) is 3. The molecule has 1 amide bonds. The molecule has 1 aliphatic rings. The molecule has 11 heteroatoms. The van der Waals surface area contributed by atoms with Crippen molar-refractivity contribution in [3.05, 3.63) is 95.3 Å². The molecular weight excluding hydrogens is 515 g/mol. The molecule has 1 aliphatic heterocycles. The number of carbonyl (C=O) groups excluding carboxylic acids is 1. The zero-order valence-electron chi connectivity index (χ0n) is 21.7. The van der Waals surface area contributed by atoms with Crippen molar-refractivity contribution in [1.82, 2.24) is 20.6 Å². The Morgan fingerprint density at radius 1 is 0.949 bits per heavy atom. The zero-order valence-corrected chi connectivity index (χ0v) is 22.6. The van der Waals surface area contributed by atoms with E-state index in [9.17, 15) is 9.36 Å². The summed E-state index contributed by atoms with van der Waals surface area (Å²) >= 11 is 0. The first-order valence-corrected chi connectivity index (χ1v) is 14.3. The third-order valence-electron chi connectivity index (χ3n) is 6.24. The summed E-state index contributed by atoms with van der Waals surface area (Å²) in [5.74, 6) is 0.477. The van der Waals surface area contributed by atoms with E-state index in [-0.39, 0.29) is 19.1 Å². The summed E-state index contributed by atoms with van der Waals surface area (Å²) in [5, 5.41) is 20.7. The highest BCUT2D eigenvalue weighted by Crippen LogP contribution is 2.48. The number of anilines is 2. The summed E-state index contributed by atoms with van der Waals surface area (Å²) in [6.45, 7) is 4.00. The van der Waals surface area contributed by atoms with Crippen molar-refractivity contribution in [2.24, 2.45) is 0 Å². The van der Waals surface area contributed by atoms with Crippen molar-refractivity contribution in [1.29, 1.82) is 0 Å². The molecule has 0 radical (unpaired) electrons. The fraction of sp³-hybridized carbons (Fsp3) is 0.214. The fourth-order valence-electron chi connectivity index (χ4n) is 4.43. The average Bonchev–Trinajstić information content (AvgIpc) is 3.59. The Bertz CT molecular complexity index is 1510. The van der Waals surface area contributed by atoms with Crippen LogP contribution in [0.1, 0.15) is 36.4 Å². The average molecular weight is 545 g/mol. The number of rotatable bonds is 11. The second-order valence-electron chi connectivity index (χ2n) is 8.80. The quantitative estimate of drug-likeness (QED) is 0.181. The van der Waals surface area contributed by atoms with Crippen LogP contribution in [0.25, 0.3) is 11.3 Å². The van der Waals surface area contributed by atoms with Gasteiger partial charge < -0.3 is 19.7 Å². The minimum absolute atomic E-state index is 0.232. The minimum Gasteiger partial charge on any atom is -0.354 e. The normalized spacial score (nSPS) is 14.2. The number of carbonyl (C=O) groups is 1. The molecule has 2 heterocycles. The molecule has 5 rings (SSSR count). The van der Waals surface area contributed by atoms with E-state index in [1.165, 1.54) is 0 Å². The van der Waals surface area contributed by atoms with Crippen molar-refractivity contribution in [2.75, 3.05) is 23.8 Å². The van der Waals surface area contributed by atoms with Gasteiger partial charge in [-0.1, -0.05) is 42.5 Å². The molecule has 0 saturated carbocycles. The van der Waals surface area contributed by atoms with Gasteiger partial charge in [0.05, 0.1) is 29.8 Å². The van der Waals surface area contributed by atoms with Crippen LogP contribution in [-0.2, 0) is 31.2 Å². The molecule has 39 heavy (non-hydrogen) atoms. The Kier molecular flexibility index (Phi) is 7.97. The van der Waals surface area contributed by atoms with Gasteiger partial charge in [-0.15, -0.1) is 5.10 Å². The van der Waals surface area contributed by atoms with Gasteiger partial charge in [0.25, 0.3) is 5.91 Å². The van der Waals surface area contributed by atoms with Gasteiger partial charge in [0.1, 0.15) is 5.82 Å². The maximum Gasteiger partial charge on any atom is 0.361 e. The monoisotopic (exact) mass is 544 g/mol. The standard InChI is InChI=1S/C28H29N6O4P/c1-3-37-39(36,38-4-2)22-15-16-24-23(18-22)26(28(35)30-24)27(20-8-6-5-7-9-20)29-21-13-10-19(11-14-21)12-17-25-31-33-34-32-25/h5-11,13-16,18,29H,3-4,12,17H2,1-2H3,(H,30,35)(H,31,32,33,34). The van der Waals surface area contributed by atoms with Crippen molar-refractivity contribution in [3.63, 3.8) is 0 Å². The molecule has 0 fully saturated rings. The van der Waals surface area contributed by atoms with Gasteiger partial charge in [-0.25, -0.2) is 5.10 Å². The number of tetrazole rings is 1. The number of aromatic amines is 1. The lowest BCUT2D eigenvalue weighted by molar-refractivity contribution is -0.110. The van der Waals surface area contributed by atoms with Crippen LogP contribution < -0.4 is 15.9 Å². The summed E-state index contributed by atoms with van der Waals surface area (Å²) < 4.78 is 24.6. The molecule has 0 bridgehead atoms. The van der Waals surface area contributed by atoms with Crippen LogP contribution in [0.4, 0.5) is 11.4 Å². The summed E-state index contributed by atoms with van der Waals surface area (Å²) in [5.41, 5.74) is 5.11. The highest BCUT2D eigenvalue weighted by atomic mass is 31.2. The maximum atomic E-state index is 13.5. The van der Waals surface area contributed by atoms with Crippen molar-refractivity contribution in [3.8, 4) is 0 Å². The van der Waals surface area contributed by atoms with Crippen molar-refractivity contribution in [2.45, 2.75) is 26.7 Å². The van der Waals surface area contributed by atoms with Gasteiger partial charge >= 0.3 is 7.60 Å². The summed E-state index contributed by atoms with van der Waals surface area (Å²) in [7, 11) is -3.55. The number of hydrogen-bond acceptors (Lipinski definition) is 8. The van der Waals surface area contributed by atoms with Crippen LogP contribution in [0.5, 0.6) is 0 Å². The van der Waals surface area contributed by atoms with Crippen LogP contribution in [-0.4, -0.2) is 39.7 Å². The molecule has 1 aromatic heterocycles. The molecule has 4 aromatic rings. The Hall–Kier alpha value is -4.11. The molecule has 0 unspecified atom stereocenters. The Labute approximate surface area is 226 Å². The maximum absolute atomic E-state index is 13.5. The smallest absolute Gasteiger partial charge is 0.354 e. The largest absolute Gasteiger partial charge is 0.361 e. The van der Waals surface area contributed by atoms with Gasteiger partial charge in [-0.3, -0.25) is 9.36 Å². The topological polar surface area (TPSA) is 131 Å². The summed E-state index contributed by atoms with van der Waals surface area (Å²) in [4.78, 5) is 13.3. The molecule has 0 saturated heterocycles. The number of aromatic nitrogens is 4. The van der Waals surface area contributed by atoms with E-state index in [4.69, 9.17) is 9.05 Å². The zero-order chi connectivity index (χ0) is 27.2. The van der Waals surface area contributed by atoms with Crippen LogP contribution in [0.15, 0.2) is 72.8 Å². The Balaban J connectivity index is 1.52. The first-order valence-electron chi connectivity index (χ1n) is 12.7. The SMILES string of the molecule is CCOP(=O)(OCC)c1ccc2c(c1)C(=C(Nc1ccc(CCc3nnn[nH]3)cc1)c1ccccc1)C(=O)N2.